The number of amides is 1. The van der Waals surface area contributed by atoms with Gasteiger partial charge in [0, 0.05) is 23.6 Å². The molecule has 136 valence electrons. The third-order valence-electron chi connectivity index (χ3n) is 4.67. The van der Waals surface area contributed by atoms with E-state index in [0.29, 0.717) is 13.2 Å². The SMILES string of the molecule is CCc1cccc2c(CCNC(=O)C(C)OCc3ccccc3)c[nH]c12. The second-order valence-corrected chi connectivity index (χ2v) is 6.49. The number of carbonyl (C=O) groups is 1. The summed E-state index contributed by atoms with van der Waals surface area (Å²) in [5, 5.41) is 4.22. The molecule has 0 fully saturated rings. The monoisotopic (exact) mass is 350 g/mol. The lowest BCUT2D eigenvalue weighted by molar-refractivity contribution is -0.132. The first-order valence-electron chi connectivity index (χ1n) is 9.20. The molecule has 0 spiro atoms. The van der Waals surface area contributed by atoms with E-state index >= 15 is 0 Å². The Labute approximate surface area is 154 Å². The highest BCUT2D eigenvalue weighted by molar-refractivity contribution is 5.86. The number of aromatic nitrogens is 1. The fourth-order valence-electron chi connectivity index (χ4n) is 3.11. The van der Waals surface area contributed by atoms with Gasteiger partial charge in [-0.25, -0.2) is 0 Å². The summed E-state index contributed by atoms with van der Waals surface area (Å²) in [5.74, 6) is -0.0741. The Morgan fingerprint density at radius 1 is 1.12 bits per heavy atom. The first-order valence-corrected chi connectivity index (χ1v) is 9.20. The number of hydrogen-bond acceptors (Lipinski definition) is 2. The van der Waals surface area contributed by atoms with Gasteiger partial charge in [-0.05, 0) is 36.5 Å². The number of carbonyl (C=O) groups excluding carboxylic acids is 1. The smallest absolute Gasteiger partial charge is 0.248 e. The number of hydrogen-bond donors (Lipinski definition) is 2. The molecule has 4 nitrogen and oxygen atoms in total. The van der Waals surface area contributed by atoms with Crippen molar-refractivity contribution < 1.29 is 9.53 Å². The molecule has 3 aromatic rings. The molecule has 0 saturated carbocycles. The van der Waals surface area contributed by atoms with Crippen LogP contribution in [0.3, 0.4) is 0 Å². The number of H-pyrrole nitrogens is 1. The molecule has 2 aromatic carbocycles. The lowest BCUT2D eigenvalue weighted by Crippen LogP contribution is -2.35. The van der Waals surface area contributed by atoms with Gasteiger partial charge in [0.2, 0.25) is 5.91 Å². The zero-order chi connectivity index (χ0) is 18.4. The van der Waals surface area contributed by atoms with Gasteiger partial charge < -0.3 is 15.0 Å². The summed E-state index contributed by atoms with van der Waals surface area (Å²) >= 11 is 0. The van der Waals surface area contributed by atoms with Gasteiger partial charge in [0.1, 0.15) is 6.10 Å². The van der Waals surface area contributed by atoms with Gasteiger partial charge in [0.15, 0.2) is 0 Å². The highest BCUT2D eigenvalue weighted by atomic mass is 16.5. The first-order chi connectivity index (χ1) is 12.7. The minimum atomic E-state index is -0.468. The molecular weight excluding hydrogens is 324 g/mol. The van der Waals surface area contributed by atoms with E-state index in [2.05, 4.69) is 35.4 Å². The third kappa shape index (κ3) is 4.33. The van der Waals surface area contributed by atoms with Crippen molar-refractivity contribution in [1.29, 1.82) is 0 Å². The van der Waals surface area contributed by atoms with Crippen LogP contribution in [-0.2, 0) is 29.0 Å². The van der Waals surface area contributed by atoms with Gasteiger partial charge in [-0.15, -0.1) is 0 Å². The maximum atomic E-state index is 12.2. The Hall–Kier alpha value is -2.59. The maximum Gasteiger partial charge on any atom is 0.248 e. The maximum absolute atomic E-state index is 12.2. The number of para-hydroxylation sites is 1. The van der Waals surface area contributed by atoms with Crippen LogP contribution < -0.4 is 5.32 Å². The lowest BCUT2D eigenvalue weighted by atomic mass is 10.1. The van der Waals surface area contributed by atoms with Gasteiger partial charge in [0.05, 0.1) is 6.61 Å². The van der Waals surface area contributed by atoms with Crippen molar-refractivity contribution in [3.8, 4) is 0 Å². The van der Waals surface area contributed by atoms with Gasteiger partial charge in [-0.3, -0.25) is 4.79 Å². The molecule has 0 aliphatic heterocycles. The Morgan fingerprint density at radius 2 is 1.92 bits per heavy atom. The summed E-state index contributed by atoms with van der Waals surface area (Å²) in [5.41, 5.74) is 4.82. The molecule has 1 aromatic heterocycles. The van der Waals surface area contributed by atoms with Crippen molar-refractivity contribution in [2.45, 2.75) is 39.4 Å². The summed E-state index contributed by atoms with van der Waals surface area (Å²) in [6.45, 7) is 4.99. The topological polar surface area (TPSA) is 54.1 Å². The van der Waals surface area contributed by atoms with Crippen LogP contribution >= 0.6 is 0 Å². The fourth-order valence-corrected chi connectivity index (χ4v) is 3.11. The average Bonchev–Trinajstić information content (AvgIpc) is 3.10. The zero-order valence-corrected chi connectivity index (χ0v) is 15.4. The number of ether oxygens (including phenoxy) is 1. The average molecular weight is 350 g/mol. The molecule has 0 radical (unpaired) electrons. The van der Waals surface area contributed by atoms with Crippen LogP contribution in [0.4, 0.5) is 0 Å². The lowest BCUT2D eigenvalue weighted by Gasteiger charge is -2.13. The van der Waals surface area contributed by atoms with E-state index in [-0.39, 0.29) is 5.91 Å². The van der Waals surface area contributed by atoms with Crippen LogP contribution in [0.2, 0.25) is 0 Å². The molecule has 0 saturated heterocycles. The molecule has 1 atom stereocenters. The summed E-state index contributed by atoms with van der Waals surface area (Å²) in [6, 6.07) is 16.3. The van der Waals surface area contributed by atoms with E-state index in [4.69, 9.17) is 4.74 Å². The quantitative estimate of drug-likeness (QED) is 0.645. The van der Waals surface area contributed by atoms with Crippen molar-refractivity contribution in [3.05, 3.63) is 71.4 Å². The van der Waals surface area contributed by atoms with Crippen LogP contribution in [0.15, 0.2) is 54.7 Å². The van der Waals surface area contributed by atoms with Gasteiger partial charge in [-0.1, -0.05) is 55.5 Å². The predicted octanol–water partition coefficient (Wildman–Crippen LogP) is 3.99. The highest BCUT2D eigenvalue weighted by Crippen LogP contribution is 2.22. The molecule has 3 rings (SSSR count). The van der Waals surface area contributed by atoms with Gasteiger partial charge in [0.25, 0.3) is 0 Å². The van der Waals surface area contributed by atoms with Gasteiger partial charge >= 0.3 is 0 Å². The van der Waals surface area contributed by atoms with Crippen LogP contribution in [-0.4, -0.2) is 23.5 Å². The van der Waals surface area contributed by atoms with Crippen LogP contribution in [0.1, 0.15) is 30.5 Å². The Balaban J connectivity index is 1.49. The molecule has 1 amide bonds. The molecule has 2 N–H and O–H groups in total. The van der Waals surface area contributed by atoms with Crippen LogP contribution in [0.5, 0.6) is 0 Å². The largest absolute Gasteiger partial charge is 0.364 e. The van der Waals surface area contributed by atoms with Crippen molar-refractivity contribution in [2.75, 3.05) is 6.54 Å². The molecule has 0 aliphatic rings. The standard InChI is InChI=1S/C22H26N2O2/c1-3-18-10-7-11-20-19(14-24-21(18)20)12-13-23-22(25)16(2)26-15-17-8-5-4-6-9-17/h4-11,14,16,24H,3,12-13,15H2,1-2H3,(H,23,25). The number of fused-ring (bicyclic) bond motifs is 1. The summed E-state index contributed by atoms with van der Waals surface area (Å²) in [7, 11) is 0. The van der Waals surface area contributed by atoms with E-state index in [1.165, 1.54) is 22.0 Å². The summed E-state index contributed by atoms with van der Waals surface area (Å²) in [6.07, 6.45) is 3.38. The fraction of sp³-hybridized carbons (Fsp3) is 0.318. The third-order valence-corrected chi connectivity index (χ3v) is 4.67. The van der Waals surface area contributed by atoms with Crippen LogP contribution in [0, 0.1) is 0 Å². The Kier molecular flexibility index (Phi) is 6.08. The molecule has 4 heteroatoms. The van der Waals surface area contributed by atoms with Crippen molar-refractivity contribution >= 4 is 16.8 Å². The molecule has 0 bridgehead atoms. The molecule has 0 aliphatic carbocycles. The van der Waals surface area contributed by atoms with Gasteiger partial charge in [-0.2, -0.15) is 0 Å². The molecular formula is C22H26N2O2. The minimum Gasteiger partial charge on any atom is -0.364 e. The van der Waals surface area contributed by atoms with E-state index in [1.54, 1.807) is 6.92 Å². The van der Waals surface area contributed by atoms with E-state index in [0.717, 1.165) is 18.4 Å². The number of nitrogens with one attached hydrogen (secondary N) is 2. The normalized spacial score (nSPS) is 12.2. The molecule has 1 heterocycles. The second kappa shape index (κ2) is 8.68. The van der Waals surface area contributed by atoms with Crippen molar-refractivity contribution in [3.63, 3.8) is 0 Å². The number of rotatable bonds is 8. The Morgan fingerprint density at radius 3 is 2.69 bits per heavy atom. The zero-order valence-electron chi connectivity index (χ0n) is 15.4. The van der Waals surface area contributed by atoms with Crippen molar-refractivity contribution in [2.24, 2.45) is 0 Å². The molecule has 1 unspecified atom stereocenters. The van der Waals surface area contributed by atoms with E-state index in [9.17, 15) is 4.79 Å². The predicted molar refractivity (Wildman–Crippen MR) is 105 cm³/mol. The number of benzene rings is 2. The number of aromatic amines is 1. The summed E-state index contributed by atoms with van der Waals surface area (Å²) < 4.78 is 5.66. The molecule has 26 heavy (non-hydrogen) atoms. The van der Waals surface area contributed by atoms with Crippen LogP contribution in [0.25, 0.3) is 10.9 Å². The van der Waals surface area contributed by atoms with E-state index < -0.39 is 6.10 Å². The number of aryl methyl sites for hydroxylation is 1. The van der Waals surface area contributed by atoms with Crippen molar-refractivity contribution in [1.82, 2.24) is 10.3 Å². The Bertz CT molecular complexity index is 855. The minimum absolute atomic E-state index is 0.0741. The second-order valence-electron chi connectivity index (χ2n) is 6.49. The highest BCUT2D eigenvalue weighted by Gasteiger charge is 2.13. The summed E-state index contributed by atoms with van der Waals surface area (Å²) in [4.78, 5) is 15.6. The first kappa shape index (κ1) is 18.2. The van der Waals surface area contributed by atoms with E-state index in [1.807, 2.05) is 36.5 Å².